The lowest BCUT2D eigenvalue weighted by molar-refractivity contribution is 0.836. The van der Waals surface area contributed by atoms with E-state index in [9.17, 15) is 0 Å². The Bertz CT molecular complexity index is 521. The van der Waals surface area contributed by atoms with Crippen LogP contribution in [-0.2, 0) is 0 Å². The van der Waals surface area contributed by atoms with E-state index in [1.54, 1.807) is 0 Å². The Morgan fingerprint density at radius 3 is 2.73 bits per heavy atom. The van der Waals surface area contributed by atoms with Gasteiger partial charge in [0.2, 0.25) is 0 Å². The summed E-state index contributed by atoms with van der Waals surface area (Å²) in [6, 6.07) is 1.90. The second-order valence-electron chi connectivity index (χ2n) is 2.65. The number of hydrogen-bond acceptors (Lipinski definition) is 5. The SMILES string of the molecule is N#Cc1nccnc1-n1cc(Cl)c(N)n1. The highest BCUT2D eigenvalue weighted by Crippen LogP contribution is 2.18. The molecule has 0 saturated heterocycles. The summed E-state index contributed by atoms with van der Waals surface area (Å²) in [5.74, 6) is 0.491. The standard InChI is InChI=1S/C8H5ClN6/c9-5-4-15(14-7(5)11)8-6(3-10)12-1-2-13-8/h1-2,4H,(H2,11,14). The maximum Gasteiger partial charge on any atom is 0.190 e. The van der Waals surface area contributed by atoms with Gasteiger partial charge in [-0.05, 0) is 0 Å². The molecular weight excluding hydrogens is 216 g/mol. The number of rotatable bonds is 1. The van der Waals surface area contributed by atoms with Crippen LogP contribution in [0.15, 0.2) is 18.6 Å². The van der Waals surface area contributed by atoms with Crippen LogP contribution in [0.2, 0.25) is 5.02 Å². The Labute approximate surface area is 89.9 Å². The molecule has 2 aromatic heterocycles. The van der Waals surface area contributed by atoms with Crippen LogP contribution in [0.5, 0.6) is 0 Å². The van der Waals surface area contributed by atoms with Gasteiger partial charge in [0.25, 0.3) is 0 Å². The van der Waals surface area contributed by atoms with Crippen molar-refractivity contribution in [3.05, 3.63) is 29.3 Å². The molecule has 0 amide bonds. The minimum Gasteiger partial charge on any atom is -0.381 e. The molecule has 7 heteroatoms. The molecule has 2 N–H and O–H groups in total. The molecule has 0 fully saturated rings. The fraction of sp³-hybridized carbons (Fsp3) is 0. The third kappa shape index (κ3) is 1.60. The molecule has 6 nitrogen and oxygen atoms in total. The molecule has 0 radical (unpaired) electrons. The van der Waals surface area contributed by atoms with E-state index in [0.717, 1.165) is 0 Å². The monoisotopic (exact) mass is 220 g/mol. The van der Waals surface area contributed by atoms with Crippen LogP contribution in [0.4, 0.5) is 5.82 Å². The first-order chi connectivity index (χ1) is 7.22. The summed E-state index contributed by atoms with van der Waals surface area (Å²) in [5, 5.41) is 13.0. The molecule has 0 atom stereocenters. The van der Waals surface area contributed by atoms with Gasteiger partial charge in [-0.25, -0.2) is 14.6 Å². The van der Waals surface area contributed by atoms with Gasteiger partial charge in [-0.3, -0.25) is 0 Å². The lowest BCUT2D eigenvalue weighted by atomic mass is 10.4. The second kappa shape index (κ2) is 3.55. The summed E-state index contributed by atoms with van der Waals surface area (Å²) >= 11 is 5.74. The van der Waals surface area contributed by atoms with Gasteiger partial charge in [-0.15, -0.1) is 5.10 Å². The van der Waals surface area contributed by atoms with Crippen LogP contribution in [0.1, 0.15) is 5.69 Å². The highest BCUT2D eigenvalue weighted by atomic mass is 35.5. The topological polar surface area (TPSA) is 93.4 Å². The molecular formula is C8H5ClN6. The van der Waals surface area contributed by atoms with Crippen LogP contribution < -0.4 is 5.73 Å². The van der Waals surface area contributed by atoms with E-state index in [1.165, 1.54) is 23.3 Å². The normalized spacial score (nSPS) is 9.87. The average Bonchev–Trinajstić information content (AvgIpc) is 2.59. The predicted molar refractivity (Wildman–Crippen MR) is 53.3 cm³/mol. The van der Waals surface area contributed by atoms with E-state index in [4.69, 9.17) is 22.6 Å². The molecule has 0 aliphatic rings. The first-order valence-electron chi connectivity index (χ1n) is 3.94. The molecule has 15 heavy (non-hydrogen) atoms. The van der Waals surface area contributed by atoms with Crippen molar-refractivity contribution in [3.8, 4) is 11.9 Å². The first-order valence-corrected chi connectivity index (χ1v) is 4.32. The van der Waals surface area contributed by atoms with E-state index in [-0.39, 0.29) is 11.5 Å². The van der Waals surface area contributed by atoms with Crippen molar-refractivity contribution in [2.24, 2.45) is 0 Å². The number of hydrogen-bond donors (Lipinski definition) is 1. The molecule has 0 bridgehead atoms. The van der Waals surface area contributed by atoms with E-state index in [0.29, 0.717) is 10.8 Å². The fourth-order valence-electron chi connectivity index (χ4n) is 1.05. The Kier molecular flexibility index (Phi) is 2.23. The van der Waals surface area contributed by atoms with Crippen molar-refractivity contribution in [2.75, 3.05) is 5.73 Å². The van der Waals surface area contributed by atoms with Crippen LogP contribution in [0.3, 0.4) is 0 Å². The van der Waals surface area contributed by atoms with Crippen LogP contribution in [0.25, 0.3) is 5.82 Å². The first kappa shape index (κ1) is 9.43. The Morgan fingerprint density at radius 1 is 1.40 bits per heavy atom. The lowest BCUT2D eigenvalue weighted by Gasteiger charge is -1.99. The molecule has 74 valence electrons. The average molecular weight is 221 g/mol. The summed E-state index contributed by atoms with van der Waals surface area (Å²) in [6.07, 6.45) is 4.36. The van der Waals surface area contributed by atoms with E-state index < -0.39 is 0 Å². The molecule has 0 aromatic carbocycles. The molecule has 0 spiro atoms. The summed E-state index contributed by atoms with van der Waals surface area (Å²) in [4.78, 5) is 7.82. The van der Waals surface area contributed by atoms with E-state index >= 15 is 0 Å². The molecule has 0 unspecified atom stereocenters. The number of nitrogens with two attached hydrogens (primary N) is 1. The maximum absolute atomic E-state index is 8.80. The van der Waals surface area contributed by atoms with Gasteiger partial charge >= 0.3 is 0 Å². The quantitative estimate of drug-likeness (QED) is 0.766. The zero-order chi connectivity index (χ0) is 10.8. The van der Waals surface area contributed by atoms with Gasteiger partial charge in [0.05, 0.1) is 6.20 Å². The minimum absolute atomic E-state index is 0.164. The summed E-state index contributed by atoms with van der Waals surface area (Å²) in [7, 11) is 0. The minimum atomic E-state index is 0.164. The number of nitrogens with zero attached hydrogens (tertiary/aromatic N) is 5. The number of nitrogen functional groups attached to an aromatic ring is 1. The molecule has 0 aliphatic carbocycles. The third-order valence-corrected chi connectivity index (χ3v) is 1.99. The molecule has 2 aromatic rings. The van der Waals surface area contributed by atoms with Crippen LogP contribution in [-0.4, -0.2) is 19.7 Å². The van der Waals surface area contributed by atoms with Crippen molar-refractivity contribution in [2.45, 2.75) is 0 Å². The van der Waals surface area contributed by atoms with Gasteiger partial charge in [-0.1, -0.05) is 11.6 Å². The molecule has 0 aliphatic heterocycles. The number of nitriles is 1. The van der Waals surface area contributed by atoms with Crippen LogP contribution in [0, 0.1) is 11.3 Å². The highest BCUT2D eigenvalue weighted by molar-refractivity contribution is 6.32. The Hall–Kier alpha value is -2.13. The maximum atomic E-state index is 8.80. The highest BCUT2D eigenvalue weighted by Gasteiger charge is 2.10. The third-order valence-electron chi connectivity index (χ3n) is 1.70. The summed E-state index contributed by atoms with van der Waals surface area (Å²) < 4.78 is 1.32. The Balaban J connectivity index is 2.59. The van der Waals surface area contributed by atoms with Crippen molar-refractivity contribution < 1.29 is 0 Å². The van der Waals surface area contributed by atoms with Crippen molar-refractivity contribution in [1.82, 2.24) is 19.7 Å². The van der Waals surface area contributed by atoms with Gasteiger partial charge in [0, 0.05) is 12.4 Å². The van der Waals surface area contributed by atoms with Gasteiger partial charge in [0.15, 0.2) is 17.3 Å². The van der Waals surface area contributed by atoms with E-state index in [1.807, 2.05) is 6.07 Å². The predicted octanol–water partition coefficient (Wildman–Crippen LogP) is 0.770. The van der Waals surface area contributed by atoms with Crippen molar-refractivity contribution in [3.63, 3.8) is 0 Å². The number of aromatic nitrogens is 4. The zero-order valence-corrected chi connectivity index (χ0v) is 8.18. The van der Waals surface area contributed by atoms with Gasteiger partial charge in [0.1, 0.15) is 11.1 Å². The van der Waals surface area contributed by atoms with E-state index in [2.05, 4.69) is 15.1 Å². The smallest absolute Gasteiger partial charge is 0.190 e. The molecule has 2 heterocycles. The largest absolute Gasteiger partial charge is 0.381 e. The summed E-state index contributed by atoms with van der Waals surface area (Å²) in [5.41, 5.74) is 5.64. The molecule has 2 rings (SSSR count). The zero-order valence-electron chi connectivity index (χ0n) is 7.42. The number of halogens is 1. The number of anilines is 1. The fourth-order valence-corrected chi connectivity index (χ4v) is 1.18. The molecule has 0 saturated carbocycles. The lowest BCUT2D eigenvalue weighted by Crippen LogP contribution is -2.03. The Morgan fingerprint density at radius 2 is 2.13 bits per heavy atom. The van der Waals surface area contributed by atoms with Gasteiger partial charge in [-0.2, -0.15) is 5.26 Å². The van der Waals surface area contributed by atoms with Crippen molar-refractivity contribution >= 4 is 17.4 Å². The van der Waals surface area contributed by atoms with Crippen molar-refractivity contribution in [1.29, 1.82) is 5.26 Å². The van der Waals surface area contributed by atoms with Crippen LogP contribution >= 0.6 is 11.6 Å². The second-order valence-corrected chi connectivity index (χ2v) is 3.05. The van der Waals surface area contributed by atoms with Gasteiger partial charge < -0.3 is 5.73 Å². The summed E-state index contributed by atoms with van der Waals surface area (Å²) in [6.45, 7) is 0.